The van der Waals surface area contributed by atoms with Crippen molar-refractivity contribution in [3.63, 3.8) is 0 Å². The van der Waals surface area contributed by atoms with Crippen LogP contribution in [0.25, 0.3) is 10.9 Å². The third-order valence-electron chi connectivity index (χ3n) is 7.09. The van der Waals surface area contributed by atoms with Gasteiger partial charge in [0.1, 0.15) is 11.4 Å². The highest BCUT2D eigenvalue weighted by molar-refractivity contribution is 5.98. The molecule has 3 fully saturated rings. The van der Waals surface area contributed by atoms with E-state index >= 15 is 0 Å². The Morgan fingerprint density at radius 2 is 1.90 bits per heavy atom. The molecule has 1 aromatic carbocycles. The van der Waals surface area contributed by atoms with Crippen LogP contribution in [0.15, 0.2) is 23.1 Å². The zero-order chi connectivity index (χ0) is 20.3. The van der Waals surface area contributed by atoms with Gasteiger partial charge in [0, 0.05) is 57.4 Å². The number of hydrogen-bond acceptors (Lipinski definition) is 4. The van der Waals surface area contributed by atoms with Crippen LogP contribution in [0.4, 0.5) is 10.1 Å². The summed E-state index contributed by atoms with van der Waals surface area (Å²) in [6, 6.07) is 3.09. The summed E-state index contributed by atoms with van der Waals surface area (Å²) in [7, 11) is 0. The molecule has 1 unspecified atom stereocenters. The minimum absolute atomic E-state index is 0.155. The van der Waals surface area contributed by atoms with Crippen LogP contribution in [0.5, 0.6) is 0 Å². The fourth-order valence-electron chi connectivity index (χ4n) is 5.12. The number of fused-ring (bicyclic) bond motifs is 2. The van der Waals surface area contributed by atoms with Gasteiger partial charge in [0.05, 0.1) is 11.2 Å². The molecule has 29 heavy (non-hydrogen) atoms. The van der Waals surface area contributed by atoms with Crippen molar-refractivity contribution in [3.05, 3.63) is 39.9 Å². The minimum atomic E-state index is -0.403. The first-order valence-electron chi connectivity index (χ1n) is 10.6. The minimum Gasteiger partial charge on any atom is -0.367 e. The van der Waals surface area contributed by atoms with Gasteiger partial charge < -0.3 is 19.7 Å². The summed E-state index contributed by atoms with van der Waals surface area (Å²) >= 11 is 0. The second-order valence-corrected chi connectivity index (χ2v) is 8.61. The molecule has 0 bridgehead atoms. The summed E-state index contributed by atoms with van der Waals surface area (Å²) < 4.78 is 16.8. The number of likely N-dealkylation sites (tertiary alicyclic amines) is 1. The van der Waals surface area contributed by atoms with E-state index in [1.807, 2.05) is 16.4 Å². The maximum absolute atomic E-state index is 14.9. The van der Waals surface area contributed by atoms with Gasteiger partial charge in [-0.05, 0) is 36.8 Å². The third kappa shape index (κ3) is 2.94. The van der Waals surface area contributed by atoms with Crippen LogP contribution in [-0.4, -0.2) is 54.6 Å². The van der Waals surface area contributed by atoms with Gasteiger partial charge in [-0.25, -0.2) is 4.39 Å². The van der Waals surface area contributed by atoms with Gasteiger partial charge >= 0.3 is 0 Å². The highest BCUT2D eigenvalue weighted by atomic mass is 19.1. The zero-order valence-corrected chi connectivity index (χ0v) is 16.9. The zero-order valence-electron chi connectivity index (χ0n) is 16.9. The molecule has 3 atom stereocenters. The number of aryl methyl sites for hydroxylation is 1. The first-order chi connectivity index (χ1) is 14.0. The smallest absolute Gasteiger partial charge is 0.259 e. The Labute approximate surface area is 169 Å². The van der Waals surface area contributed by atoms with E-state index in [1.54, 1.807) is 17.2 Å². The molecule has 2 aliphatic heterocycles. The topological polar surface area (TPSA) is 57.6 Å². The lowest BCUT2D eigenvalue weighted by molar-refractivity contribution is 0.0767. The van der Waals surface area contributed by atoms with E-state index in [0.29, 0.717) is 35.5 Å². The fraction of sp³-hybridized carbons (Fsp3) is 0.545. The lowest BCUT2D eigenvalue weighted by Crippen LogP contribution is -2.44. The Kier molecular flexibility index (Phi) is 4.38. The first-order valence-corrected chi connectivity index (χ1v) is 10.6. The van der Waals surface area contributed by atoms with E-state index < -0.39 is 5.82 Å². The number of anilines is 1. The molecule has 2 saturated heterocycles. The Bertz CT molecular complexity index is 1030. The van der Waals surface area contributed by atoms with Gasteiger partial charge in [-0.1, -0.05) is 6.92 Å². The molecule has 1 saturated carbocycles. The van der Waals surface area contributed by atoms with Crippen molar-refractivity contribution in [2.45, 2.75) is 20.4 Å². The number of carbonyl (C=O) groups excluding carboxylic acids is 1. The molecule has 0 spiro atoms. The molecule has 5 rings (SSSR count). The van der Waals surface area contributed by atoms with Crippen molar-refractivity contribution in [1.82, 2.24) is 14.8 Å². The van der Waals surface area contributed by atoms with E-state index in [9.17, 15) is 14.0 Å². The number of halogens is 1. The lowest BCUT2D eigenvalue weighted by Gasteiger charge is -2.30. The summed E-state index contributed by atoms with van der Waals surface area (Å²) in [5, 5.41) is 3.55. The Morgan fingerprint density at radius 1 is 1.21 bits per heavy atom. The number of nitrogens with one attached hydrogen (secondary N) is 1. The number of hydrogen-bond donors (Lipinski definition) is 1. The molecule has 3 heterocycles. The van der Waals surface area contributed by atoms with Crippen molar-refractivity contribution in [3.8, 4) is 0 Å². The summed E-state index contributed by atoms with van der Waals surface area (Å²) in [5.41, 5.74) is 0.992. The van der Waals surface area contributed by atoms with Crippen LogP contribution in [0, 0.1) is 23.6 Å². The largest absolute Gasteiger partial charge is 0.367 e. The van der Waals surface area contributed by atoms with E-state index in [-0.39, 0.29) is 22.3 Å². The molecular formula is C22H27FN4O2. The predicted molar refractivity (Wildman–Crippen MR) is 111 cm³/mol. The number of benzene rings is 1. The van der Waals surface area contributed by atoms with Gasteiger partial charge in [-0.15, -0.1) is 0 Å². The monoisotopic (exact) mass is 398 g/mol. The first kappa shape index (κ1) is 18.6. The van der Waals surface area contributed by atoms with Gasteiger partial charge in [0.25, 0.3) is 5.91 Å². The predicted octanol–water partition coefficient (Wildman–Crippen LogP) is 1.91. The fourth-order valence-corrected chi connectivity index (χ4v) is 5.12. The van der Waals surface area contributed by atoms with Gasteiger partial charge in [-0.2, -0.15) is 0 Å². The van der Waals surface area contributed by atoms with Crippen molar-refractivity contribution in [1.29, 1.82) is 0 Å². The molecule has 6 nitrogen and oxygen atoms in total. The molecule has 1 amide bonds. The van der Waals surface area contributed by atoms with Crippen LogP contribution in [0.2, 0.25) is 0 Å². The third-order valence-corrected chi connectivity index (χ3v) is 7.09. The van der Waals surface area contributed by atoms with Crippen molar-refractivity contribution in [2.75, 3.05) is 44.2 Å². The van der Waals surface area contributed by atoms with Crippen LogP contribution in [0.3, 0.4) is 0 Å². The summed E-state index contributed by atoms with van der Waals surface area (Å²) in [6.07, 6.45) is 1.67. The van der Waals surface area contributed by atoms with E-state index in [0.717, 1.165) is 39.3 Å². The van der Waals surface area contributed by atoms with Crippen LogP contribution < -0.4 is 15.6 Å². The number of piperazine rings is 1. The highest BCUT2D eigenvalue weighted by Crippen LogP contribution is 2.51. The average Bonchev–Trinajstić information content (AvgIpc) is 3.14. The van der Waals surface area contributed by atoms with E-state index in [4.69, 9.17) is 0 Å². The molecule has 3 aliphatic rings. The summed E-state index contributed by atoms with van der Waals surface area (Å²) in [5.74, 6) is 1.21. The molecule has 154 valence electrons. The molecule has 2 aromatic rings. The number of rotatable bonds is 3. The highest BCUT2D eigenvalue weighted by Gasteiger charge is 2.53. The van der Waals surface area contributed by atoms with Crippen LogP contribution in [-0.2, 0) is 6.54 Å². The maximum Gasteiger partial charge on any atom is 0.259 e. The lowest BCUT2D eigenvalue weighted by atomic mass is 10.1. The average molecular weight is 398 g/mol. The molecule has 0 radical (unpaired) electrons. The number of nitrogens with zero attached hydrogens (tertiary/aromatic N) is 3. The quantitative estimate of drug-likeness (QED) is 0.858. The SMILES string of the molecule is CCn1cc(C(=O)N2C[C@@H]3C(C)[C@@H]3C2)c(=O)c2cc(F)c(N3CCNCC3)cc21. The Morgan fingerprint density at radius 3 is 2.55 bits per heavy atom. The van der Waals surface area contributed by atoms with Crippen LogP contribution in [0.1, 0.15) is 24.2 Å². The Balaban J connectivity index is 1.56. The van der Waals surface area contributed by atoms with Gasteiger partial charge in [0.2, 0.25) is 5.43 Å². The summed E-state index contributed by atoms with van der Waals surface area (Å²) in [4.78, 5) is 30.0. The Hall–Kier alpha value is -2.41. The standard InChI is InChI=1S/C22H27FN4O2/c1-3-25-12-17(22(29)27-10-15-13(2)16(15)11-27)21(28)14-8-18(23)20(9-19(14)25)26-6-4-24-5-7-26/h8-9,12-13,15-16,24H,3-7,10-11H2,1-2H3/t13?,15-,16+. The molecule has 1 N–H and O–H groups in total. The summed E-state index contributed by atoms with van der Waals surface area (Å²) in [6.45, 7) is 9.32. The maximum atomic E-state index is 14.9. The van der Waals surface area contributed by atoms with Crippen molar-refractivity contribution < 1.29 is 9.18 Å². The molecule has 1 aliphatic carbocycles. The van der Waals surface area contributed by atoms with E-state index in [1.165, 1.54) is 6.07 Å². The number of amides is 1. The van der Waals surface area contributed by atoms with E-state index in [2.05, 4.69) is 12.2 Å². The molecule has 7 heteroatoms. The van der Waals surface area contributed by atoms with Gasteiger partial charge in [0.15, 0.2) is 0 Å². The normalized spacial score (nSPS) is 26.1. The van der Waals surface area contributed by atoms with Crippen molar-refractivity contribution in [2.24, 2.45) is 17.8 Å². The van der Waals surface area contributed by atoms with Crippen LogP contribution >= 0.6 is 0 Å². The molecule has 1 aromatic heterocycles. The van der Waals surface area contributed by atoms with Crippen molar-refractivity contribution >= 4 is 22.5 Å². The number of piperidine rings is 1. The molecular weight excluding hydrogens is 371 g/mol. The second-order valence-electron chi connectivity index (χ2n) is 8.61. The number of pyridine rings is 1. The van der Waals surface area contributed by atoms with Gasteiger partial charge in [-0.3, -0.25) is 9.59 Å². The second kappa shape index (κ2) is 6.83. The number of carbonyl (C=O) groups is 1. The number of aromatic nitrogens is 1.